The number of halogens is 1. The van der Waals surface area contributed by atoms with Gasteiger partial charge in [-0.25, -0.2) is 0 Å². The van der Waals surface area contributed by atoms with E-state index in [2.05, 4.69) is 60.1 Å². The van der Waals surface area contributed by atoms with E-state index in [4.69, 9.17) is 5.73 Å². The molecule has 2 N–H and O–H groups in total. The summed E-state index contributed by atoms with van der Waals surface area (Å²) in [6.07, 6.45) is 0. The molecule has 4 heteroatoms. The molecule has 2 rings (SSSR count). The lowest BCUT2D eigenvalue weighted by atomic mass is 10.1. The fourth-order valence-corrected chi connectivity index (χ4v) is 4.82. The minimum Gasteiger partial charge on any atom is -0.329 e. The van der Waals surface area contributed by atoms with E-state index in [9.17, 15) is 0 Å². The summed E-state index contributed by atoms with van der Waals surface area (Å²) in [5, 5.41) is 0.386. The minimum atomic E-state index is 0.386. The Morgan fingerprint density at radius 1 is 1.21 bits per heavy atom. The van der Waals surface area contributed by atoms with E-state index in [-0.39, 0.29) is 0 Å². The summed E-state index contributed by atoms with van der Waals surface area (Å²) in [7, 11) is 0. The van der Waals surface area contributed by atoms with Crippen molar-refractivity contribution in [2.24, 2.45) is 5.73 Å². The van der Waals surface area contributed by atoms with Crippen LogP contribution >= 0.6 is 39.0 Å². The SMILES string of the molecule is Cc1cc(C)cc(CSC(CN)c2ccc(Br)s2)c1. The maximum Gasteiger partial charge on any atom is 0.0701 e. The predicted molar refractivity (Wildman–Crippen MR) is 91.0 cm³/mol. The number of thioether (sulfide) groups is 1. The van der Waals surface area contributed by atoms with Crippen molar-refractivity contribution in [1.82, 2.24) is 0 Å². The highest BCUT2D eigenvalue weighted by atomic mass is 79.9. The second kappa shape index (κ2) is 6.93. The van der Waals surface area contributed by atoms with E-state index in [1.54, 1.807) is 11.3 Å². The minimum absolute atomic E-state index is 0.386. The van der Waals surface area contributed by atoms with Crippen LogP contribution in [0.4, 0.5) is 0 Å². The van der Waals surface area contributed by atoms with Gasteiger partial charge in [0.25, 0.3) is 0 Å². The van der Waals surface area contributed by atoms with Crippen molar-refractivity contribution in [1.29, 1.82) is 0 Å². The molecule has 0 bridgehead atoms. The number of benzene rings is 1. The third-order valence-corrected chi connectivity index (χ3v) is 6.09. The van der Waals surface area contributed by atoms with E-state index in [0.29, 0.717) is 11.8 Å². The highest BCUT2D eigenvalue weighted by molar-refractivity contribution is 9.11. The molecule has 0 amide bonds. The Kier molecular flexibility index (Phi) is 5.51. The van der Waals surface area contributed by atoms with Crippen molar-refractivity contribution in [2.45, 2.75) is 24.9 Å². The van der Waals surface area contributed by atoms with E-state index in [1.165, 1.54) is 25.4 Å². The molecule has 0 aliphatic rings. The summed E-state index contributed by atoms with van der Waals surface area (Å²) in [6.45, 7) is 4.98. The summed E-state index contributed by atoms with van der Waals surface area (Å²) < 4.78 is 1.17. The zero-order chi connectivity index (χ0) is 13.8. The lowest BCUT2D eigenvalue weighted by molar-refractivity contribution is 0.959. The maximum atomic E-state index is 5.91. The quantitative estimate of drug-likeness (QED) is 0.810. The van der Waals surface area contributed by atoms with Gasteiger partial charge in [0.05, 0.1) is 9.04 Å². The van der Waals surface area contributed by atoms with Crippen molar-refractivity contribution in [3.05, 3.63) is 55.7 Å². The molecule has 1 heterocycles. The molecule has 19 heavy (non-hydrogen) atoms. The molecule has 102 valence electrons. The average Bonchev–Trinajstić information content (AvgIpc) is 2.75. The number of thiophene rings is 1. The first-order chi connectivity index (χ1) is 9.08. The molecule has 0 fully saturated rings. The Morgan fingerprint density at radius 2 is 1.89 bits per heavy atom. The Hall–Kier alpha value is -0.290. The molecule has 2 aromatic rings. The van der Waals surface area contributed by atoms with E-state index in [1.807, 2.05) is 11.8 Å². The van der Waals surface area contributed by atoms with Crippen LogP contribution < -0.4 is 5.73 Å². The van der Waals surface area contributed by atoms with Gasteiger partial charge in [0.2, 0.25) is 0 Å². The first-order valence-electron chi connectivity index (χ1n) is 6.22. The van der Waals surface area contributed by atoms with Crippen LogP contribution in [0.25, 0.3) is 0 Å². The van der Waals surface area contributed by atoms with Crippen LogP contribution in [0.3, 0.4) is 0 Å². The highest BCUT2D eigenvalue weighted by Crippen LogP contribution is 2.36. The lowest BCUT2D eigenvalue weighted by Crippen LogP contribution is -2.08. The largest absolute Gasteiger partial charge is 0.329 e. The first-order valence-corrected chi connectivity index (χ1v) is 8.88. The van der Waals surface area contributed by atoms with E-state index in [0.717, 1.165) is 5.75 Å². The molecule has 0 saturated heterocycles. The summed E-state index contributed by atoms with van der Waals surface area (Å²) in [4.78, 5) is 1.35. The second-order valence-electron chi connectivity index (χ2n) is 4.67. The molecular formula is C15H18BrNS2. The normalized spacial score (nSPS) is 12.6. The van der Waals surface area contributed by atoms with Crippen molar-refractivity contribution in [2.75, 3.05) is 6.54 Å². The van der Waals surface area contributed by atoms with Crippen LogP contribution in [0.2, 0.25) is 0 Å². The fraction of sp³-hybridized carbons (Fsp3) is 0.333. The molecule has 0 aliphatic carbocycles. The van der Waals surface area contributed by atoms with Gasteiger partial charge in [0, 0.05) is 17.2 Å². The molecule has 1 aromatic heterocycles. The molecule has 0 saturated carbocycles. The Bertz CT molecular complexity index is 531. The van der Waals surface area contributed by atoms with Crippen LogP contribution in [0.5, 0.6) is 0 Å². The number of aryl methyl sites for hydroxylation is 2. The van der Waals surface area contributed by atoms with Crippen molar-refractivity contribution in [3.8, 4) is 0 Å². The van der Waals surface area contributed by atoms with Crippen LogP contribution in [-0.4, -0.2) is 6.54 Å². The molecule has 1 unspecified atom stereocenters. The van der Waals surface area contributed by atoms with E-state index >= 15 is 0 Å². The monoisotopic (exact) mass is 355 g/mol. The molecule has 0 radical (unpaired) electrons. The number of nitrogens with two attached hydrogens (primary N) is 1. The van der Waals surface area contributed by atoms with Gasteiger partial charge in [0.15, 0.2) is 0 Å². The van der Waals surface area contributed by atoms with Gasteiger partial charge in [-0.1, -0.05) is 29.3 Å². The van der Waals surface area contributed by atoms with Gasteiger partial charge in [-0.2, -0.15) is 0 Å². The third-order valence-electron chi connectivity index (χ3n) is 2.86. The fourth-order valence-electron chi connectivity index (χ4n) is 2.12. The summed E-state index contributed by atoms with van der Waals surface area (Å²) >= 11 is 7.21. The number of hydrogen-bond acceptors (Lipinski definition) is 3. The van der Waals surface area contributed by atoms with Crippen LogP contribution in [0, 0.1) is 13.8 Å². The molecular weight excluding hydrogens is 338 g/mol. The number of rotatable bonds is 5. The standard InChI is InChI=1S/C15H18BrNS2/c1-10-5-11(2)7-12(6-10)9-18-14(8-17)13-3-4-15(16)19-13/h3-7,14H,8-9,17H2,1-2H3. The zero-order valence-electron chi connectivity index (χ0n) is 11.2. The number of hydrogen-bond donors (Lipinski definition) is 1. The van der Waals surface area contributed by atoms with Gasteiger partial charge in [-0.05, 0) is 47.5 Å². The Morgan fingerprint density at radius 3 is 2.42 bits per heavy atom. The summed E-state index contributed by atoms with van der Waals surface area (Å²) in [6, 6.07) is 11.0. The lowest BCUT2D eigenvalue weighted by Gasteiger charge is -2.13. The third kappa shape index (κ3) is 4.35. The van der Waals surface area contributed by atoms with Gasteiger partial charge >= 0.3 is 0 Å². The summed E-state index contributed by atoms with van der Waals surface area (Å²) in [5.74, 6) is 1.01. The van der Waals surface area contributed by atoms with Crippen LogP contribution in [-0.2, 0) is 5.75 Å². The van der Waals surface area contributed by atoms with Gasteiger partial charge in [0.1, 0.15) is 0 Å². The van der Waals surface area contributed by atoms with Crippen LogP contribution in [0.1, 0.15) is 26.8 Å². The van der Waals surface area contributed by atoms with Gasteiger partial charge < -0.3 is 5.73 Å². The molecule has 1 aromatic carbocycles. The second-order valence-corrected chi connectivity index (χ2v) is 8.36. The van der Waals surface area contributed by atoms with Gasteiger partial charge in [-0.3, -0.25) is 0 Å². The van der Waals surface area contributed by atoms with Crippen molar-refractivity contribution < 1.29 is 0 Å². The topological polar surface area (TPSA) is 26.0 Å². The predicted octanol–water partition coefficient (Wildman–Crippen LogP) is 5.06. The van der Waals surface area contributed by atoms with Crippen LogP contribution in [0.15, 0.2) is 34.1 Å². The molecule has 1 atom stereocenters. The van der Waals surface area contributed by atoms with Crippen molar-refractivity contribution >= 4 is 39.0 Å². The Labute approximate surface area is 131 Å². The Balaban J connectivity index is 2.03. The maximum absolute atomic E-state index is 5.91. The van der Waals surface area contributed by atoms with E-state index < -0.39 is 0 Å². The highest BCUT2D eigenvalue weighted by Gasteiger charge is 2.12. The molecule has 1 nitrogen and oxygen atoms in total. The zero-order valence-corrected chi connectivity index (χ0v) is 14.4. The van der Waals surface area contributed by atoms with Crippen molar-refractivity contribution in [3.63, 3.8) is 0 Å². The first kappa shape index (κ1) is 15.1. The molecule has 0 aliphatic heterocycles. The smallest absolute Gasteiger partial charge is 0.0701 e. The average molecular weight is 356 g/mol. The summed E-state index contributed by atoms with van der Waals surface area (Å²) in [5.41, 5.74) is 9.96. The molecule has 0 spiro atoms. The van der Waals surface area contributed by atoms with Gasteiger partial charge in [-0.15, -0.1) is 23.1 Å².